The molecule has 8 heteroatoms. The van der Waals surface area contributed by atoms with E-state index in [1.54, 1.807) is 0 Å². The largest absolute Gasteiger partial charge is 0.420 e. The van der Waals surface area contributed by atoms with E-state index >= 15 is 0 Å². The number of hydrogen-bond donors (Lipinski definition) is 2. The summed E-state index contributed by atoms with van der Waals surface area (Å²) in [5.41, 5.74) is 0. The number of hydrogen-bond acceptors (Lipinski definition) is 7. The summed E-state index contributed by atoms with van der Waals surface area (Å²) in [6.07, 6.45) is 2.19. The third kappa shape index (κ3) is 12.6. The molecule has 0 heterocycles. The zero-order valence-electron chi connectivity index (χ0n) is 12.0. The molecule has 6 nitrogen and oxygen atoms in total. The van der Waals surface area contributed by atoms with Crippen LogP contribution >= 0.6 is 11.8 Å². The highest BCUT2D eigenvalue weighted by atomic mass is 32.2. The maximum atomic E-state index is 11.0. The molecule has 0 aromatic carbocycles. The highest BCUT2D eigenvalue weighted by molar-refractivity contribution is 7.99. The van der Waals surface area contributed by atoms with Crippen molar-refractivity contribution in [2.24, 2.45) is 0 Å². The third-order valence-electron chi connectivity index (χ3n) is 2.30. The third-order valence-corrected chi connectivity index (χ3v) is 4.40. The molecule has 0 atom stereocenters. The molecule has 0 aromatic rings. The lowest BCUT2D eigenvalue weighted by atomic mass is 10.4. The fourth-order valence-corrected chi connectivity index (χ4v) is 2.44. The topological polar surface area (TPSA) is 84.5 Å². The number of carbonyl (C=O) groups is 2. The summed E-state index contributed by atoms with van der Waals surface area (Å²) < 4.78 is 15.8. The Labute approximate surface area is 126 Å². The van der Waals surface area contributed by atoms with Crippen molar-refractivity contribution < 1.29 is 18.8 Å². The van der Waals surface area contributed by atoms with Crippen LogP contribution in [-0.2, 0) is 18.8 Å². The van der Waals surface area contributed by atoms with Crippen molar-refractivity contribution in [1.82, 2.24) is 10.6 Å². The first kappa shape index (κ1) is 19.6. The minimum atomic E-state index is -2.75. The zero-order chi connectivity index (χ0) is 15.1. The number of carbonyl (C=O) groups excluding carboxylic acids is 2. The minimum absolute atomic E-state index is 0.189. The molecule has 0 aliphatic heterocycles. The van der Waals surface area contributed by atoms with Crippen molar-refractivity contribution in [2.45, 2.75) is 19.8 Å². The standard InChI is InChI=1S/C12H24N2O4SSi/c1-2-7-19-8-6-13-4-3-5-14-10-18-9-12(16)20(17)11-15/h11,13-14H,2-10H2,1H3. The van der Waals surface area contributed by atoms with Crippen molar-refractivity contribution in [3.05, 3.63) is 0 Å². The Balaban J connectivity index is 3.15. The van der Waals surface area contributed by atoms with E-state index in [4.69, 9.17) is 4.74 Å². The van der Waals surface area contributed by atoms with Crippen LogP contribution < -0.4 is 10.6 Å². The fourth-order valence-electron chi connectivity index (χ4n) is 1.28. The second-order valence-corrected chi connectivity index (χ2v) is 6.86. The Hall–Kier alpha value is -0.413. The van der Waals surface area contributed by atoms with Gasteiger partial charge in [0.25, 0.3) is 0 Å². The molecule has 0 saturated heterocycles. The number of thioether (sulfide) groups is 1. The second-order valence-electron chi connectivity index (χ2n) is 4.11. The van der Waals surface area contributed by atoms with Crippen molar-refractivity contribution >= 4 is 31.8 Å². The predicted octanol–water partition coefficient (Wildman–Crippen LogP) is -0.0248. The van der Waals surface area contributed by atoms with E-state index in [1.165, 1.54) is 12.2 Å². The van der Waals surface area contributed by atoms with Crippen molar-refractivity contribution in [2.75, 3.05) is 44.5 Å². The quantitative estimate of drug-likeness (QED) is 0.190. The lowest BCUT2D eigenvalue weighted by Gasteiger charge is -2.06. The maximum absolute atomic E-state index is 11.0. The fraction of sp³-hybridized carbons (Fsp3) is 0.833. The van der Waals surface area contributed by atoms with Crippen LogP contribution in [0.5, 0.6) is 0 Å². The van der Waals surface area contributed by atoms with Crippen LogP contribution in [0.25, 0.3) is 0 Å². The SMILES string of the molecule is CCCSCCNCCCNCOCC(=O)[Si](=O)C=O. The van der Waals surface area contributed by atoms with Gasteiger partial charge in [-0.1, -0.05) is 6.92 Å². The van der Waals surface area contributed by atoms with Crippen LogP contribution in [0, 0.1) is 0 Å². The highest BCUT2D eigenvalue weighted by Crippen LogP contribution is 1.99. The molecule has 0 spiro atoms. The van der Waals surface area contributed by atoms with Gasteiger partial charge in [0.15, 0.2) is 5.91 Å². The summed E-state index contributed by atoms with van der Waals surface area (Å²) in [4.78, 5) is 21.1. The van der Waals surface area contributed by atoms with E-state index in [2.05, 4.69) is 17.6 Å². The summed E-state index contributed by atoms with van der Waals surface area (Å²) >= 11 is 1.96. The Morgan fingerprint density at radius 3 is 2.70 bits per heavy atom. The number of ether oxygens (including phenoxy) is 1. The van der Waals surface area contributed by atoms with Crippen LogP contribution in [0.4, 0.5) is 0 Å². The summed E-state index contributed by atoms with van der Waals surface area (Å²) in [5.74, 6) is 2.55. The molecule has 0 saturated carbocycles. The monoisotopic (exact) mass is 320 g/mol. The molecule has 0 amide bonds. The van der Waals surface area contributed by atoms with E-state index in [1.807, 2.05) is 11.8 Å². The number of rotatable bonds is 15. The molecule has 0 aromatic heterocycles. The Bertz CT molecular complexity index is 293. The molecular weight excluding hydrogens is 296 g/mol. The molecule has 0 fully saturated rings. The summed E-state index contributed by atoms with van der Waals surface area (Å²) in [6.45, 7) is 4.89. The van der Waals surface area contributed by atoms with E-state index < -0.39 is 14.1 Å². The Morgan fingerprint density at radius 1 is 1.25 bits per heavy atom. The highest BCUT2D eigenvalue weighted by Gasteiger charge is 2.14. The average molecular weight is 320 g/mol. The zero-order valence-corrected chi connectivity index (χ0v) is 13.8. The van der Waals surface area contributed by atoms with Crippen molar-refractivity contribution in [1.29, 1.82) is 0 Å². The van der Waals surface area contributed by atoms with Gasteiger partial charge in [0.2, 0.25) is 5.41 Å². The molecule has 2 N–H and O–H groups in total. The maximum Gasteiger partial charge on any atom is 0.420 e. The molecule has 0 bridgehead atoms. The summed E-state index contributed by atoms with van der Waals surface area (Å²) in [6, 6.07) is 0. The van der Waals surface area contributed by atoms with Gasteiger partial charge in [0, 0.05) is 12.3 Å². The van der Waals surface area contributed by atoms with Gasteiger partial charge in [-0.15, -0.1) is 0 Å². The van der Waals surface area contributed by atoms with Crippen LogP contribution in [0.1, 0.15) is 19.8 Å². The predicted molar refractivity (Wildman–Crippen MR) is 82.1 cm³/mol. The first-order valence-electron chi connectivity index (χ1n) is 6.81. The van der Waals surface area contributed by atoms with Gasteiger partial charge in [-0.05, 0) is 31.7 Å². The summed E-state index contributed by atoms with van der Waals surface area (Å²) in [5, 5.41) is 5.73. The normalized spacial score (nSPS) is 10.4. The lowest BCUT2D eigenvalue weighted by molar-refractivity contribution is -0.116. The van der Waals surface area contributed by atoms with Crippen LogP contribution in [0.3, 0.4) is 0 Å². The van der Waals surface area contributed by atoms with Gasteiger partial charge < -0.3 is 14.5 Å². The Kier molecular flexibility index (Phi) is 14.7. The van der Waals surface area contributed by atoms with Crippen LogP contribution in [0.15, 0.2) is 0 Å². The molecule has 0 unspecified atom stereocenters. The van der Waals surface area contributed by atoms with Crippen molar-refractivity contribution in [3.8, 4) is 0 Å². The minimum Gasteiger partial charge on any atom is -0.370 e. The van der Waals surface area contributed by atoms with Gasteiger partial charge in [0.05, 0.1) is 6.73 Å². The van der Waals surface area contributed by atoms with Crippen LogP contribution in [0.2, 0.25) is 0 Å². The molecule has 116 valence electrons. The molecular formula is C12H24N2O4SSi. The summed E-state index contributed by atoms with van der Waals surface area (Å²) in [7, 11) is -2.75. The van der Waals surface area contributed by atoms with Gasteiger partial charge in [-0.25, -0.2) is 0 Å². The van der Waals surface area contributed by atoms with E-state index in [-0.39, 0.29) is 19.2 Å². The van der Waals surface area contributed by atoms with Gasteiger partial charge >= 0.3 is 8.68 Å². The number of nitrogens with one attached hydrogen (secondary N) is 2. The molecule has 0 radical (unpaired) electrons. The van der Waals surface area contributed by atoms with E-state index in [9.17, 15) is 14.1 Å². The van der Waals surface area contributed by atoms with E-state index in [0.29, 0.717) is 0 Å². The van der Waals surface area contributed by atoms with Gasteiger partial charge in [-0.3, -0.25) is 14.9 Å². The lowest BCUT2D eigenvalue weighted by Crippen LogP contribution is -2.28. The Morgan fingerprint density at radius 2 is 2.00 bits per heavy atom. The van der Waals surface area contributed by atoms with E-state index in [0.717, 1.165) is 31.8 Å². The smallest absolute Gasteiger partial charge is 0.370 e. The average Bonchev–Trinajstić information content (AvgIpc) is 2.47. The first-order valence-corrected chi connectivity index (χ1v) is 9.45. The molecule has 0 aliphatic carbocycles. The van der Waals surface area contributed by atoms with Gasteiger partial charge in [0.1, 0.15) is 6.61 Å². The van der Waals surface area contributed by atoms with Crippen LogP contribution in [-0.4, -0.2) is 64.5 Å². The van der Waals surface area contributed by atoms with Gasteiger partial charge in [-0.2, -0.15) is 11.8 Å². The molecule has 0 aliphatic rings. The van der Waals surface area contributed by atoms with Crippen molar-refractivity contribution in [3.63, 3.8) is 0 Å². The second kappa shape index (κ2) is 15.0. The molecule has 0 rings (SSSR count). The molecule has 20 heavy (non-hydrogen) atoms. The first-order chi connectivity index (χ1) is 9.72.